The van der Waals surface area contributed by atoms with Gasteiger partial charge in [-0.3, -0.25) is 19.7 Å². The van der Waals surface area contributed by atoms with Crippen molar-refractivity contribution in [2.45, 2.75) is 6.61 Å². The molecule has 0 aliphatic rings. The Bertz CT molecular complexity index is 680. The second-order valence-corrected chi connectivity index (χ2v) is 4.22. The summed E-state index contributed by atoms with van der Waals surface area (Å²) in [6, 6.07) is 11.3. The highest BCUT2D eigenvalue weighted by Crippen LogP contribution is 2.15. The second kappa shape index (κ2) is 7.02. The van der Waals surface area contributed by atoms with Gasteiger partial charge in [0.05, 0.1) is 6.07 Å². The van der Waals surface area contributed by atoms with Crippen molar-refractivity contribution in [3.63, 3.8) is 0 Å². The van der Waals surface area contributed by atoms with Gasteiger partial charge in [-0.2, -0.15) is 0 Å². The Balaban J connectivity index is 1.78. The van der Waals surface area contributed by atoms with E-state index in [0.29, 0.717) is 0 Å². The van der Waals surface area contributed by atoms with Crippen LogP contribution in [0.15, 0.2) is 46.9 Å². The number of carbonyl (C=O) groups excluding carboxylic acids is 2. The number of carbonyl (C=O) groups is 2. The Morgan fingerprint density at radius 2 is 1.91 bits per heavy atom. The maximum atomic E-state index is 11.6. The van der Waals surface area contributed by atoms with Crippen LogP contribution in [0.5, 0.6) is 0 Å². The third-order valence-electron chi connectivity index (χ3n) is 2.63. The molecule has 2 aromatic rings. The number of nitrogens with zero attached hydrogens (tertiary/aromatic N) is 1. The Morgan fingerprint density at radius 1 is 1.18 bits per heavy atom. The normalized spacial score (nSPS) is 10.0. The summed E-state index contributed by atoms with van der Waals surface area (Å²) in [7, 11) is 0. The molecule has 1 amide bonds. The topological polar surface area (TPSA) is 112 Å². The van der Waals surface area contributed by atoms with Gasteiger partial charge in [-0.05, 0) is 11.6 Å². The molecule has 1 N–H and O–H groups in total. The molecule has 1 aromatic carbocycles. The van der Waals surface area contributed by atoms with Gasteiger partial charge in [-0.1, -0.05) is 30.3 Å². The van der Waals surface area contributed by atoms with Gasteiger partial charge in [-0.15, -0.1) is 0 Å². The third-order valence-corrected chi connectivity index (χ3v) is 2.63. The van der Waals surface area contributed by atoms with Crippen LogP contribution < -0.4 is 5.32 Å². The average molecular weight is 304 g/mol. The average Bonchev–Trinajstić information content (AvgIpc) is 3.02. The fraction of sp³-hybridized carbons (Fsp3) is 0.143. The molecule has 0 saturated heterocycles. The first-order valence-electron chi connectivity index (χ1n) is 6.28. The van der Waals surface area contributed by atoms with E-state index in [1.807, 2.05) is 18.2 Å². The Morgan fingerprint density at radius 3 is 2.55 bits per heavy atom. The Labute approximate surface area is 124 Å². The molecular weight excluding hydrogens is 292 g/mol. The van der Waals surface area contributed by atoms with E-state index in [2.05, 4.69) is 5.32 Å². The molecule has 8 heteroatoms. The fourth-order valence-electron chi connectivity index (χ4n) is 1.58. The number of amides is 1. The highest BCUT2D eigenvalue weighted by atomic mass is 16.6. The second-order valence-electron chi connectivity index (χ2n) is 4.22. The highest BCUT2D eigenvalue weighted by molar-refractivity contribution is 5.93. The van der Waals surface area contributed by atoms with Gasteiger partial charge in [0.2, 0.25) is 0 Å². The molecule has 0 spiro atoms. The van der Waals surface area contributed by atoms with Crippen LogP contribution in [0.1, 0.15) is 16.1 Å². The lowest BCUT2D eigenvalue weighted by atomic mass is 10.2. The van der Waals surface area contributed by atoms with E-state index in [4.69, 9.17) is 9.15 Å². The molecule has 0 saturated carbocycles. The lowest BCUT2D eigenvalue weighted by Crippen LogP contribution is -2.30. The number of ether oxygens (including phenoxy) is 1. The molecule has 22 heavy (non-hydrogen) atoms. The number of esters is 1. The number of rotatable bonds is 6. The summed E-state index contributed by atoms with van der Waals surface area (Å²) in [6.45, 7) is -0.262. The van der Waals surface area contributed by atoms with Crippen LogP contribution in [0.2, 0.25) is 0 Å². The Kier molecular flexibility index (Phi) is 4.86. The smallest absolute Gasteiger partial charge is 0.433 e. The van der Waals surface area contributed by atoms with Crippen molar-refractivity contribution in [3.05, 3.63) is 63.9 Å². The number of furan rings is 1. The molecule has 114 valence electrons. The summed E-state index contributed by atoms with van der Waals surface area (Å²) in [4.78, 5) is 32.8. The number of hydrogen-bond donors (Lipinski definition) is 1. The summed E-state index contributed by atoms with van der Waals surface area (Å²) in [6.07, 6.45) is 0. The van der Waals surface area contributed by atoms with Crippen LogP contribution in [0.4, 0.5) is 5.88 Å². The molecule has 0 atom stereocenters. The van der Waals surface area contributed by atoms with Crippen molar-refractivity contribution in [2.75, 3.05) is 6.54 Å². The summed E-state index contributed by atoms with van der Waals surface area (Å²) >= 11 is 0. The SMILES string of the molecule is O=C(CNC(=O)c1ccc([N+](=O)[O-])o1)OCc1ccccc1. The lowest BCUT2D eigenvalue weighted by Gasteiger charge is -2.05. The van der Waals surface area contributed by atoms with Gasteiger partial charge in [-0.25, -0.2) is 0 Å². The molecule has 0 fully saturated rings. The van der Waals surface area contributed by atoms with Gasteiger partial charge in [0.1, 0.15) is 18.1 Å². The molecule has 8 nitrogen and oxygen atoms in total. The van der Waals surface area contributed by atoms with Crippen molar-refractivity contribution in [2.24, 2.45) is 0 Å². The van der Waals surface area contributed by atoms with Gasteiger partial charge in [0.15, 0.2) is 5.76 Å². The summed E-state index contributed by atoms with van der Waals surface area (Å²) in [5, 5.41) is 12.7. The maximum Gasteiger partial charge on any atom is 0.433 e. The van der Waals surface area contributed by atoms with E-state index >= 15 is 0 Å². The van der Waals surface area contributed by atoms with Crippen molar-refractivity contribution in [1.29, 1.82) is 0 Å². The van der Waals surface area contributed by atoms with Gasteiger partial charge < -0.3 is 14.5 Å². The minimum absolute atomic E-state index is 0.0990. The van der Waals surface area contributed by atoms with E-state index in [-0.39, 0.29) is 18.9 Å². The number of benzene rings is 1. The molecule has 1 heterocycles. The molecule has 0 radical (unpaired) electrons. The molecule has 0 unspecified atom stereocenters. The van der Waals surface area contributed by atoms with E-state index in [0.717, 1.165) is 17.7 Å². The van der Waals surface area contributed by atoms with Crippen molar-refractivity contribution in [1.82, 2.24) is 5.32 Å². The van der Waals surface area contributed by atoms with Gasteiger partial charge >= 0.3 is 11.9 Å². The van der Waals surface area contributed by atoms with Crippen molar-refractivity contribution in [3.8, 4) is 0 Å². The zero-order valence-electron chi connectivity index (χ0n) is 11.4. The minimum atomic E-state index is -0.759. The summed E-state index contributed by atoms with van der Waals surface area (Å²) in [5.74, 6) is -2.15. The molecule has 0 aliphatic carbocycles. The van der Waals surface area contributed by atoms with Crippen LogP contribution in [0, 0.1) is 10.1 Å². The number of hydrogen-bond acceptors (Lipinski definition) is 6. The first-order valence-corrected chi connectivity index (χ1v) is 6.28. The molecule has 0 bridgehead atoms. The van der Waals surface area contributed by atoms with Crippen molar-refractivity contribution < 1.29 is 23.7 Å². The van der Waals surface area contributed by atoms with Crippen LogP contribution in [-0.2, 0) is 16.1 Å². The predicted octanol–water partition coefficient (Wildman–Crippen LogP) is 1.66. The van der Waals surface area contributed by atoms with Crippen LogP contribution in [0.3, 0.4) is 0 Å². The summed E-state index contributed by atoms with van der Waals surface area (Å²) in [5.41, 5.74) is 0.823. The molecule has 1 aromatic heterocycles. The fourth-order valence-corrected chi connectivity index (χ4v) is 1.58. The monoisotopic (exact) mass is 304 g/mol. The quantitative estimate of drug-likeness (QED) is 0.493. The first kappa shape index (κ1) is 15.2. The van der Waals surface area contributed by atoms with Crippen LogP contribution >= 0.6 is 0 Å². The maximum absolute atomic E-state index is 11.6. The number of nitro groups is 1. The summed E-state index contributed by atoms with van der Waals surface area (Å²) < 4.78 is 9.67. The van der Waals surface area contributed by atoms with Gasteiger partial charge in [0.25, 0.3) is 5.91 Å². The van der Waals surface area contributed by atoms with E-state index in [1.165, 1.54) is 0 Å². The van der Waals surface area contributed by atoms with E-state index < -0.39 is 22.7 Å². The zero-order valence-corrected chi connectivity index (χ0v) is 11.4. The third kappa shape index (κ3) is 4.17. The molecule has 2 rings (SSSR count). The largest absolute Gasteiger partial charge is 0.460 e. The minimum Gasteiger partial charge on any atom is -0.460 e. The zero-order chi connectivity index (χ0) is 15.9. The van der Waals surface area contributed by atoms with Crippen LogP contribution in [-0.4, -0.2) is 23.3 Å². The van der Waals surface area contributed by atoms with E-state index in [1.54, 1.807) is 12.1 Å². The van der Waals surface area contributed by atoms with Gasteiger partial charge in [0, 0.05) is 0 Å². The number of nitrogens with one attached hydrogen (secondary N) is 1. The molecule has 0 aliphatic heterocycles. The lowest BCUT2D eigenvalue weighted by molar-refractivity contribution is -0.402. The predicted molar refractivity (Wildman–Crippen MR) is 73.9 cm³/mol. The van der Waals surface area contributed by atoms with Crippen LogP contribution in [0.25, 0.3) is 0 Å². The standard InChI is InChI=1S/C14H12N2O6/c17-13(21-9-10-4-2-1-3-5-10)8-15-14(18)11-6-7-12(22-11)16(19)20/h1-7H,8-9H2,(H,15,18). The van der Waals surface area contributed by atoms with Crippen molar-refractivity contribution >= 4 is 17.8 Å². The molecular formula is C14H12N2O6. The first-order chi connectivity index (χ1) is 10.6. The Hall–Kier alpha value is -3.16. The van der Waals surface area contributed by atoms with E-state index in [9.17, 15) is 19.7 Å². The highest BCUT2D eigenvalue weighted by Gasteiger charge is 2.17.